The number of β-amino-alcohol motifs (C(OH)–C–C–N with tert-alkyl or cyclic N) is 1. The summed E-state index contributed by atoms with van der Waals surface area (Å²) in [6, 6.07) is 6.22. The zero-order valence-corrected chi connectivity index (χ0v) is 16.1. The number of rotatable bonds is 6. The van der Waals surface area contributed by atoms with Gasteiger partial charge >= 0.3 is 6.18 Å². The van der Waals surface area contributed by atoms with Crippen LogP contribution in [0.3, 0.4) is 0 Å². The number of aliphatic hydroxyl groups is 1. The first-order valence-corrected chi connectivity index (χ1v) is 9.97. The van der Waals surface area contributed by atoms with Gasteiger partial charge in [0.2, 0.25) is 0 Å². The summed E-state index contributed by atoms with van der Waals surface area (Å²) in [5.41, 5.74) is 3.43. The van der Waals surface area contributed by atoms with E-state index in [9.17, 15) is 18.3 Å². The number of hydrogen-bond donors (Lipinski definition) is 3. The predicted octanol–water partition coefficient (Wildman–Crippen LogP) is 2.45. The van der Waals surface area contributed by atoms with Gasteiger partial charge in [0.25, 0.3) is 0 Å². The lowest BCUT2D eigenvalue weighted by atomic mass is 9.71. The Hall–Kier alpha value is -1.35. The molecule has 1 aliphatic carbocycles. The second-order valence-corrected chi connectivity index (χ2v) is 8.17. The summed E-state index contributed by atoms with van der Waals surface area (Å²) >= 11 is 0. The second-order valence-electron chi connectivity index (χ2n) is 8.17. The van der Waals surface area contributed by atoms with Crippen molar-refractivity contribution < 1.29 is 23.0 Å². The molecule has 1 saturated carbocycles. The van der Waals surface area contributed by atoms with E-state index in [-0.39, 0.29) is 18.2 Å². The fourth-order valence-electron chi connectivity index (χ4n) is 5.02. The van der Waals surface area contributed by atoms with Crippen LogP contribution >= 0.6 is 0 Å². The Kier molecular flexibility index (Phi) is 5.33. The van der Waals surface area contributed by atoms with Gasteiger partial charge < -0.3 is 20.1 Å². The van der Waals surface area contributed by atoms with E-state index in [4.69, 9.17) is 4.74 Å². The van der Waals surface area contributed by atoms with Crippen molar-refractivity contribution >= 4 is 5.69 Å². The van der Waals surface area contributed by atoms with Crippen LogP contribution in [0.15, 0.2) is 18.2 Å². The van der Waals surface area contributed by atoms with Crippen LogP contribution in [0.25, 0.3) is 0 Å². The number of nitrogens with one attached hydrogen (secondary N) is 2. The van der Waals surface area contributed by atoms with Crippen molar-refractivity contribution in [3.8, 4) is 0 Å². The zero-order valence-electron chi connectivity index (χ0n) is 16.1. The van der Waals surface area contributed by atoms with Crippen molar-refractivity contribution in [2.75, 3.05) is 38.2 Å². The molecule has 156 valence electrons. The van der Waals surface area contributed by atoms with Crippen LogP contribution in [0.4, 0.5) is 18.9 Å². The summed E-state index contributed by atoms with van der Waals surface area (Å²) in [7, 11) is 1.65. The van der Waals surface area contributed by atoms with E-state index < -0.39 is 18.9 Å². The van der Waals surface area contributed by atoms with Crippen molar-refractivity contribution in [3.05, 3.63) is 29.3 Å². The predicted molar refractivity (Wildman–Crippen MR) is 100 cm³/mol. The third kappa shape index (κ3) is 3.63. The SMILES string of the molecule is COC1N(CC(O)NCC(F)(F)F)c2cccc(C3CC3)c2C12CCNCC2. The molecule has 0 bridgehead atoms. The molecule has 0 aromatic heterocycles. The summed E-state index contributed by atoms with van der Waals surface area (Å²) in [6.45, 7) is 0.580. The van der Waals surface area contributed by atoms with Crippen LogP contribution in [0.1, 0.15) is 42.7 Å². The van der Waals surface area contributed by atoms with Crippen LogP contribution in [-0.2, 0) is 10.2 Å². The van der Waals surface area contributed by atoms with Gasteiger partial charge in [-0.3, -0.25) is 5.32 Å². The number of piperidine rings is 1. The minimum atomic E-state index is -4.36. The maximum absolute atomic E-state index is 12.5. The largest absolute Gasteiger partial charge is 0.401 e. The molecule has 2 fully saturated rings. The number of halogens is 3. The maximum atomic E-state index is 12.5. The number of benzene rings is 1. The lowest BCUT2D eigenvalue weighted by Crippen LogP contribution is -2.54. The van der Waals surface area contributed by atoms with Gasteiger partial charge in [-0.15, -0.1) is 0 Å². The molecule has 2 aliphatic heterocycles. The Labute approximate surface area is 163 Å². The second kappa shape index (κ2) is 7.48. The molecule has 2 atom stereocenters. The van der Waals surface area contributed by atoms with E-state index in [1.807, 2.05) is 17.0 Å². The summed E-state index contributed by atoms with van der Waals surface area (Å²) in [6.07, 6.45) is -1.79. The third-order valence-corrected chi connectivity index (χ3v) is 6.28. The lowest BCUT2D eigenvalue weighted by Gasteiger charge is -2.42. The third-order valence-electron chi connectivity index (χ3n) is 6.28. The van der Waals surface area contributed by atoms with E-state index in [2.05, 4.69) is 16.7 Å². The molecule has 0 amide bonds. The number of anilines is 1. The monoisotopic (exact) mass is 399 g/mol. The molecule has 1 spiro atoms. The summed E-state index contributed by atoms with van der Waals surface area (Å²) < 4.78 is 43.5. The van der Waals surface area contributed by atoms with E-state index >= 15 is 0 Å². The Balaban J connectivity index is 1.67. The van der Waals surface area contributed by atoms with Gasteiger partial charge in [-0.2, -0.15) is 13.2 Å². The minimum Gasteiger partial charge on any atom is -0.377 e. The molecule has 3 aliphatic rings. The van der Waals surface area contributed by atoms with Crippen LogP contribution in [-0.4, -0.2) is 57.0 Å². The number of nitrogens with zero attached hydrogens (tertiary/aromatic N) is 1. The molecule has 2 unspecified atom stereocenters. The molecule has 1 aromatic rings. The van der Waals surface area contributed by atoms with E-state index in [1.165, 1.54) is 24.0 Å². The molecular formula is C20H28F3N3O2. The van der Waals surface area contributed by atoms with E-state index in [0.29, 0.717) is 5.92 Å². The highest BCUT2D eigenvalue weighted by Gasteiger charge is 2.54. The van der Waals surface area contributed by atoms with Gasteiger partial charge in [-0.1, -0.05) is 12.1 Å². The van der Waals surface area contributed by atoms with Gasteiger partial charge in [-0.25, -0.2) is 0 Å². The van der Waals surface area contributed by atoms with Crippen LogP contribution in [0.2, 0.25) is 0 Å². The maximum Gasteiger partial charge on any atom is 0.401 e. The molecule has 0 radical (unpaired) electrons. The minimum absolute atomic E-state index is 0.0465. The molecule has 5 nitrogen and oxygen atoms in total. The topological polar surface area (TPSA) is 56.8 Å². The summed E-state index contributed by atoms with van der Waals surface area (Å²) in [5.74, 6) is 0.562. The number of hydrogen-bond acceptors (Lipinski definition) is 5. The highest BCUT2D eigenvalue weighted by molar-refractivity contribution is 5.68. The molecule has 1 saturated heterocycles. The summed E-state index contributed by atoms with van der Waals surface area (Å²) in [4.78, 5) is 1.96. The highest BCUT2D eigenvalue weighted by Crippen LogP contribution is 2.56. The first-order valence-electron chi connectivity index (χ1n) is 9.97. The zero-order chi connectivity index (χ0) is 19.9. The molecular weight excluding hydrogens is 371 g/mol. The van der Waals surface area contributed by atoms with Gasteiger partial charge in [-0.05, 0) is 61.9 Å². The van der Waals surface area contributed by atoms with Crippen LogP contribution < -0.4 is 15.5 Å². The number of alkyl halides is 3. The fourth-order valence-corrected chi connectivity index (χ4v) is 5.02. The smallest absolute Gasteiger partial charge is 0.377 e. The van der Waals surface area contributed by atoms with Crippen LogP contribution in [0, 0.1) is 0 Å². The van der Waals surface area contributed by atoms with E-state index in [0.717, 1.165) is 31.6 Å². The van der Waals surface area contributed by atoms with Crippen molar-refractivity contribution in [1.29, 1.82) is 0 Å². The quantitative estimate of drug-likeness (QED) is 0.642. The molecule has 4 rings (SSSR count). The molecule has 3 N–H and O–H groups in total. The average molecular weight is 399 g/mol. The Morgan fingerprint density at radius 3 is 2.64 bits per heavy atom. The Morgan fingerprint density at radius 2 is 2.04 bits per heavy atom. The molecule has 28 heavy (non-hydrogen) atoms. The van der Waals surface area contributed by atoms with Crippen molar-refractivity contribution in [3.63, 3.8) is 0 Å². The number of aliphatic hydroxyl groups excluding tert-OH is 1. The molecule has 1 aromatic carbocycles. The molecule has 8 heteroatoms. The van der Waals surface area contributed by atoms with Crippen molar-refractivity contribution in [1.82, 2.24) is 10.6 Å². The Morgan fingerprint density at radius 1 is 1.32 bits per heavy atom. The van der Waals surface area contributed by atoms with E-state index in [1.54, 1.807) is 7.11 Å². The normalized spacial score (nSPS) is 25.2. The van der Waals surface area contributed by atoms with Gasteiger partial charge in [0.1, 0.15) is 12.5 Å². The number of ether oxygens (including phenoxy) is 1. The molecule has 2 heterocycles. The number of methoxy groups -OCH3 is 1. The fraction of sp³-hybridized carbons (Fsp3) is 0.700. The first-order chi connectivity index (χ1) is 13.4. The van der Waals surface area contributed by atoms with Crippen LogP contribution in [0.5, 0.6) is 0 Å². The first kappa shape index (κ1) is 19.9. The summed E-state index contributed by atoms with van der Waals surface area (Å²) in [5, 5.41) is 15.9. The Bertz CT molecular complexity index is 702. The number of fused-ring (bicyclic) bond motifs is 2. The van der Waals surface area contributed by atoms with Gasteiger partial charge in [0.05, 0.1) is 13.1 Å². The average Bonchev–Trinajstić information content (AvgIpc) is 3.48. The van der Waals surface area contributed by atoms with Crippen molar-refractivity contribution in [2.45, 2.75) is 55.6 Å². The lowest BCUT2D eigenvalue weighted by molar-refractivity contribution is -0.130. The standard InChI is InChI=1S/C20H28F3N3O2/c1-28-18-19(7-9-24-10-8-19)17-14(13-5-6-13)3-2-4-15(17)26(18)11-16(27)25-12-20(21,22)23/h2-4,13,16,18,24-25,27H,5-12H2,1H3. The van der Waals surface area contributed by atoms with Gasteiger partial charge in [0.15, 0.2) is 0 Å². The van der Waals surface area contributed by atoms with Crippen molar-refractivity contribution in [2.24, 2.45) is 0 Å². The highest BCUT2D eigenvalue weighted by atomic mass is 19.4. The van der Waals surface area contributed by atoms with Gasteiger partial charge in [0, 0.05) is 18.2 Å².